The lowest BCUT2D eigenvalue weighted by Crippen LogP contribution is -2.57. The smallest absolute Gasteiger partial charge is 0.483 e. The third kappa shape index (κ3) is 12.5. The summed E-state index contributed by atoms with van der Waals surface area (Å²) >= 11 is 0. The van der Waals surface area contributed by atoms with E-state index >= 15 is 0 Å². The lowest BCUT2D eigenvalue weighted by Gasteiger charge is -2.30. The predicted molar refractivity (Wildman–Crippen MR) is 187 cm³/mol. The summed E-state index contributed by atoms with van der Waals surface area (Å²) in [7, 11) is -5.77. The first-order valence-corrected chi connectivity index (χ1v) is 19.9. The summed E-state index contributed by atoms with van der Waals surface area (Å²) in [6.07, 6.45) is 4.91. The minimum atomic E-state index is -3.04. The van der Waals surface area contributed by atoms with Crippen molar-refractivity contribution in [2.75, 3.05) is 19.8 Å². The molecule has 0 spiro atoms. The quantitative estimate of drug-likeness (QED) is 0.0948. The van der Waals surface area contributed by atoms with Crippen LogP contribution in [0.1, 0.15) is 59.8 Å². The third-order valence-corrected chi connectivity index (χ3v) is 11.9. The van der Waals surface area contributed by atoms with Gasteiger partial charge in [0.1, 0.15) is 17.2 Å². The molecule has 0 aliphatic carbocycles. The largest absolute Gasteiger partial charge is 0.699 e. The van der Waals surface area contributed by atoms with Gasteiger partial charge in [0.15, 0.2) is 0 Å². The number of unbranched alkanes of at least 4 members (excludes halogenated alkanes) is 1. The van der Waals surface area contributed by atoms with Crippen LogP contribution in [0.4, 0.5) is 0 Å². The van der Waals surface area contributed by atoms with Gasteiger partial charge in [-0.05, 0) is 62.1 Å². The molecule has 0 atom stereocenters. The Balaban J connectivity index is 0.000000259. The molecule has 0 amide bonds. The van der Waals surface area contributed by atoms with Crippen molar-refractivity contribution in [3.05, 3.63) is 121 Å². The third-order valence-electron chi connectivity index (χ3n) is 6.50. The highest BCUT2D eigenvalue weighted by Gasteiger charge is 2.48. The number of benzene rings is 4. The van der Waals surface area contributed by atoms with Crippen LogP contribution in [0.3, 0.4) is 0 Å². The van der Waals surface area contributed by atoms with Crippen molar-refractivity contribution in [1.29, 1.82) is 0 Å². The van der Waals surface area contributed by atoms with E-state index in [1.807, 2.05) is 121 Å². The number of hydrogen-bond acceptors (Lipinski definition) is 6. The highest BCUT2D eigenvalue weighted by Crippen LogP contribution is 2.28. The zero-order chi connectivity index (χ0) is 32.1. The monoisotopic (exact) mass is 646 g/mol. The van der Waals surface area contributed by atoms with Gasteiger partial charge in [-0.15, -0.1) is 0 Å². The van der Waals surface area contributed by atoms with Crippen LogP contribution in [0.2, 0.25) is 6.04 Å². The fourth-order valence-electron chi connectivity index (χ4n) is 4.34. The van der Waals surface area contributed by atoms with Gasteiger partial charge in [0, 0.05) is 25.0 Å². The van der Waals surface area contributed by atoms with Gasteiger partial charge in [-0.3, -0.25) is 0 Å². The van der Waals surface area contributed by atoms with Crippen molar-refractivity contribution >= 4 is 22.8 Å². The van der Waals surface area contributed by atoms with Crippen molar-refractivity contribution in [2.24, 2.45) is 0 Å². The first-order valence-electron chi connectivity index (χ1n) is 16.3. The number of para-hydroxylation sites is 3. The zero-order valence-corrected chi connectivity index (χ0v) is 29.4. The van der Waals surface area contributed by atoms with Crippen LogP contribution >= 0.6 is 0 Å². The molecule has 0 radical (unpaired) electrons. The van der Waals surface area contributed by atoms with Crippen LogP contribution in [-0.2, 0) is 13.3 Å². The SMILES string of the molecule is CCCC[Si](Oc1ccccc1)(Oc1ccccc1)Oc1ccccc1.CCCO[Si](OCCC)(OCCC)c1ccccc1. The Hall–Kier alpha value is -3.41. The van der Waals surface area contributed by atoms with E-state index in [0.717, 1.165) is 60.6 Å². The normalized spacial score (nSPS) is 11.3. The molecule has 0 fully saturated rings. The molecule has 6 nitrogen and oxygen atoms in total. The van der Waals surface area contributed by atoms with Gasteiger partial charge in [0.2, 0.25) is 0 Å². The molecule has 8 heteroatoms. The van der Waals surface area contributed by atoms with E-state index in [0.29, 0.717) is 19.8 Å². The molecule has 0 N–H and O–H groups in total. The van der Waals surface area contributed by atoms with E-state index in [1.165, 1.54) is 0 Å². The molecule has 45 heavy (non-hydrogen) atoms. The van der Waals surface area contributed by atoms with Gasteiger partial charge in [-0.2, -0.15) is 0 Å². The maximum absolute atomic E-state index is 6.41. The molecule has 0 unspecified atom stereocenters. The summed E-state index contributed by atoms with van der Waals surface area (Å²) in [4.78, 5) is 0. The van der Waals surface area contributed by atoms with Crippen molar-refractivity contribution in [3.8, 4) is 17.2 Å². The van der Waals surface area contributed by atoms with E-state index in [1.54, 1.807) is 0 Å². The molecular formula is C37H50O6Si2. The molecule has 0 bridgehead atoms. The number of rotatable bonds is 19. The van der Waals surface area contributed by atoms with Crippen LogP contribution in [0.5, 0.6) is 17.2 Å². The minimum absolute atomic E-state index is 0.675. The second kappa shape index (κ2) is 20.6. The van der Waals surface area contributed by atoms with Gasteiger partial charge in [0.25, 0.3) is 0 Å². The zero-order valence-electron chi connectivity index (χ0n) is 27.4. The van der Waals surface area contributed by atoms with Crippen LogP contribution in [0.25, 0.3) is 0 Å². The first kappa shape index (κ1) is 36.1. The Morgan fingerprint density at radius 2 is 0.756 bits per heavy atom. The summed E-state index contributed by atoms with van der Waals surface area (Å²) < 4.78 is 37.4. The van der Waals surface area contributed by atoms with Crippen LogP contribution < -0.4 is 18.5 Å². The van der Waals surface area contributed by atoms with Gasteiger partial charge in [0.05, 0.1) is 6.04 Å². The van der Waals surface area contributed by atoms with Crippen LogP contribution in [0, 0.1) is 0 Å². The van der Waals surface area contributed by atoms with Gasteiger partial charge in [-0.25, -0.2) is 0 Å². The summed E-state index contributed by atoms with van der Waals surface area (Å²) in [5.41, 5.74) is 0. The summed E-state index contributed by atoms with van der Waals surface area (Å²) in [5, 5.41) is 1.06. The molecule has 0 aliphatic rings. The fourth-order valence-corrected chi connectivity index (χ4v) is 9.81. The molecule has 4 aromatic rings. The molecule has 0 aromatic heterocycles. The Morgan fingerprint density at radius 1 is 0.422 bits per heavy atom. The van der Waals surface area contributed by atoms with E-state index < -0.39 is 17.6 Å². The van der Waals surface area contributed by atoms with Crippen molar-refractivity contribution < 1.29 is 26.6 Å². The predicted octanol–water partition coefficient (Wildman–Crippen LogP) is 9.07. The van der Waals surface area contributed by atoms with E-state index in [4.69, 9.17) is 26.6 Å². The average Bonchev–Trinajstić information content (AvgIpc) is 3.09. The highest BCUT2D eigenvalue weighted by atomic mass is 28.4. The molecule has 0 saturated heterocycles. The van der Waals surface area contributed by atoms with E-state index in [-0.39, 0.29) is 0 Å². The topological polar surface area (TPSA) is 55.4 Å². The Labute approximate surface area is 273 Å². The summed E-state index contributed by atoms with van der Waals surface area (Å²) in [6, 6.07) is 40.2. The summed E-state index contributed by atoms with van der Waals surface area (Å²) in [6.45, 7) is 10.5. The molecule has 0 heterocycles. The lowest BCUT2D eigenvalue weighted by molar-refractivity contribution is 0.0732. The van der Waals surface area contributed by atoms with Crippen molar-refractivity contribution in [3.63, 3.8) is 0 Å². The van der Waals surface area contributed by atoms with E-state index in [9.17, 15) is 0 Å². The second-order valence-corrected chi connectivity index (χ2v) is 15.5. The Bertz CT molecular complexity index is 1160. The Morgan fingerprint density at radius 3 is 1.07 bits per heavy atom. The molecule has 0 aliphatic heterocycles. The average molecular weight is 647 g/mol. The van der Waals surface area contributed by atoms with Gasteiger partial charge in [-0.1, -0.05) is 119 Å². The molecule has 0 saturated carbocycles. The standard InChI is InChI=1S/C22H24O3Si.C15H26O3Si/c1-2-3-19-26(23-20-13-7-4-8-14-20,24-21-15-9-5-10-16-21)25-22-17-11-6-12-18-22;1-4-12-16-19(17-13-5-2,18-14-6-3)15-10-8-7-9-11-15/h4-18H,2-3,19H2,1H3;7-11H,4-6,12-14H2,1-3H3. The Kier molecular flexibility index (Phi) is 16.5. The minimum Gasteiger partial charge on any atom is -0.483 e. The lowest BCUT2D eigenvalue weighted by atomic mass is 10.3. The molecule has 242 valence electrons. The van der Waals surface area contributed by atoms with Crippen LogP contribution in [0.15, 0.2) is 121 Å². The van der Waals surface area contributed by atoms with Gasteiger partial charge < -0.3 is 26.6 Å². The van der Waals surface area contributed by atoms with Crippen LogP contribution in [-0.4, -0.2) is 37.4 Å². The fraction of sp³-hybridized carbons (Fsp3) is 0.351. The second-order valence-electron chi connectivity index (χ2n) is 10.5. The van der Waals surface area contributed by atoms with Crippen molar-refractivity contribution in [1.82, 2.24) is 0 Å². The maximum atomic E-state index is 6.41. The molecular weight excluding hydrogens is 597 g/mol. The summed E-state index contributed by atoms with van der Waals surface area (Å²) in [5.74, 6) is 2.30. The molecule has 4 rings (SSSR count). The molecule has 4 aromatic carbocycles. The van der Waals surface area contributed by atoms with E-state index in [2.05, 4.69) is 27.7 Å². The maximum Gasteiger partial charge on any atom is 0.699 e. The van der Waals surface area contributed by atoms with Gasteiger partial charge >= 0.3 is 17.6 Å². The first-order chi connectivity index (χ1) is 22.1. The number of hydrogen-bond donors (Lipinski definition) is 0. The van der Waals surface area contributed by atoms with Crippen molar-refractivity contribution in [2.45, 2.75) is 65.8 Å². The highest BCUT2D eigenvalue weighted by molar-refractivity contribution is 6.75.